The van der Waals surface area contributed by atoms with Crippen molar-refractivity contribution in [2.75, 3.05) is 41.8 Å². The van der Waals surface area contributed by atoms with Gasteiger partial charge in [-0.05, 0) is 43.4 Å². The summed E-state index contributed by atoms with van der Waals surface area (Å²) in [6, 6.07) is 4.34. The number of hydrogen-bond donors (Lipinski definition) is 2. The number of aryl methyl sites for hydroxylation is 1. The maximum atomic E-state index is 14.9. The Morgan fingerprint density at radius 3 is 2.83 bits per heavy atom. The Morgan fingerprint density at radius 1 is 1.20 bits per heavy atom. The van der Waals surface area contributed by atoms with Gasteiger partial charge in [-0.3, -0.25) is 9.59 Å². The number of fused-ring (bicyclic) bond motifs is 4. The van der Waals surface area contributed by atoms with Gasteiger partial charge in [0.15, 0.2) is 12.4 Å². The van der Waals surface area contributed by atoms with Crippen LogP contribution in [-0.2, 0) is 11.8 Å². The minimum Gasteiger partial charge on any atom is -0.480 e. The molecule has 0 radical (unpaired) electrons. The number of benzene rings is 1. The number of pyridine rings is 1. The minimum atomic E-state index is -3.12. The Bertz CT molecular complexity index is 1590. The molecular formula is C27H28ClF2N7O3. The quantitative estimate of drug-likeness (QED) is 0.488. The molecule has 3 fully saturated rings. The van der Waals surface area contributed by atoms with E-state index in [4.69, 9.17) is 16.3 Å². The number of rotatable bonds is 4. The number of alkyl halides is 2. The number of nitrogens with zero attached hydrogens (tertiary/aromatic N) is 5. The van der Waals surface area contributed by atoms with Crippen LogP contribution in [-0.4, -0.2) is 69.6 Å². The molecule has 10 nitrogen and oxygen atoms in total. The second-order valence-corrected chi connectivity index (χ2v) is 11.4. The van der Waals surface area contributed by atoms with Crippen LogP contribution in [0.25, 0.3) is 10.9 Å². The Hall–Kier alpha value is -3.67. The smallest absolute Gasteiger partial charge is 0.301 e. The summed E-state index contributed by atoms with van der Waals surface area (Å²) in [7, 11) is 1.59. The predicted molar refractivity (Wildman–Crippen MR) is 147 cm³/mol. The van der Waals surface area contributed by atoms with Crippen LogP contribution in [0.3, 0.4) is 0 Å². The van der Waals surface area contributed by atoms with Gasteiger partial charge in [-0.1, -0.05) is 11.6 Å². The molecule has 40 heavy (non-hydrogen) atoms. The summed E-state index contributed by atoms with van der Waals surface area (Å²) in [5.41, 5.74) is 0.972. The number of halogens is 3. The van der Waals surface area contributed by atoms with Gasteiger partial charge in [0.25, 0.3) is 5.56 Å². The van der Waals surface area contributed by atoms with Gasteiger partial charge in [0, 0.05) is 50.2 Å². The monoisotopic (exact) mass is 571 g/mol. The predicted octanol–water partition coefficient (Wildman–Crippen LogP) is 3.75. The number of ether oxygens (including phenoxy) is 1. The van der Waals surface area contributed by atoms with E-state index in [1.165, 1.54) is 10.8 Å². The summed E-state index contributed by atoms with van der Waals surface area (Å²) in [6.45, 7) is 1.05. The number of piperazine rings is 1. The van der Waals surface area contributed by atoms with Gasteiger partial charge >= 0.3 is 5.92 Å². The van der Waals surface area contributed by atoms with Crippen molar-refractivity contribution >= 4 is 51.6 Å². The minimum absolute atomic E-state index is 0.109. The fourth-order valence-electron chi connectivity index (χ4n) is 6.07. The molecular weight excluding hydrogens is 544 g/mol. The normalized spacial score (nSPS) is 23.8. The van der Waals surface area contributed by atoms with Crippen LogP contribution in [0.15, 0.2) is 29.2 Å². The van der Waals surface area contributed by atoms with E-state index >= 15 is 0 Å². The lowest BCUT2D eigenvalue weighted by Crippen LogP contribution is -2.52. The number of hydrogen-bond acceptors (Lipinski definition) is 8. The Morgan fingerprint density at radius 2 is 2.02 bits per heavy atom. The van der Waals surface area contributed by atoms with E-state index in [-0.39, 0.29) is 29.3 Å². The molecule has 1 aliphatic carbocycles. The first-order valence-corrected chi connectivity index (χ1v) is 13.9. The Balaban J connectivity index is 1.22. The number of carbonyl (C=O) groups is 1. The summed E-state index contributed by atoms with van der Waals surface area (Å²) in [5, 5.41) is 7.11. The van der Waals surface area contributed by atoms with Gasteiger partial charge in [-0.25, -0.2) is 13.8 Å². The van der Waals surface area contributed by atoms with Crippen molar-refractivity contribution < 1.29 is 18.3 Å². The molecule has 0 unspecified atom stereocenters. The maximum Gasteiger partial charge on any atom is 0.301 e. The summed E-state index contributed by atoms with van der Waals surface area (Å²) >= 11 is 6.47. The molecule has 5 heterocycles. The zero-order chi connectivity index (χ0) is 27.8. The third-order valence-corrected chi connectivity index (χ3v) is 8.66. The summed E-state index contributed by atoms with van der Waals surface area (Å²) < 4.78 is 36.8. The van der Waals surface area contributed by atoms with Crippen molar-refractivity contribution in [3.8, 4) is 5.75 Å². The highest BCUT2D eigenvalue weighted by Gasteiger charge is 2.51. The van der Waals surface area contributed by atoms with E-state index < -0.39 is 24.1 Å². The molecule has 13 heteroatoms. The number of carbonyl (C=O) groups excluding carboxylic acids is 1. The van der Waals surface area contributed by atoms with Crippen LogP contribution in [0, 0.1) is 5.92 Å². The molecule has 0 bridgehead atoms. The second kappa shape index (κ2) is 9.18. The average Bonchev–Trinajstić information content (AvgIpc) is 3.73. The second-order valence-electron chi connectivity index (χ2n) is 11.0. The summed E-state index contributed by atoms with van der Waals surface area (Å²) in [5.74, 6) is -2.31. The van der Waals surface area contributed by atoms with Crippen LogP contribution < -0.4 is 25.8 Å². The van der Waals surface area contributed by atoms with Gasteiger partial charge < -0.3 is 29.7 Å². The van der Waals surface area contributed by atoms with Crippen LogP contribution >= 0.6 is 11.6 Å². The van der Waals surface area contributed by atoms with Gasteiger partial charge in [-0.2, -0.15) is 4.98 Å². The van der Waals surface area contributed by atoms with E-state index in [0.717, 1.165) is 6.42 Å². The average molecular weight is 572 g/mol. The SMILES string of the molecule is Cn1c(=O)c2c(c3cc(Nc4nc(N5CCN6C(=O)CC[C@H]6C5)ncc4Cl)ccc31)N[C@@H](C1CC1)C(F)(F)CO2. The first kappa shape index (κ1) is 25.3. The molecule has 1 aromatic carbocycles. The lowest BCUT2D eigenvalue weighted by atomic mass is 10.0. The van der Waals surface area contributed by atoms with Crippen LogP contribution in [0.1, 0.15) is 25.7 Å². The molecule has 2 aromatic heterocycles. The van der Waals surface area contributed by atoms with Crippen molar-refractivity contribution in [1.29, 1.82) is 0 Å². The number of aromatic nitrogens is 3. The van der Waals surface area contributed by atoms with E-state index in [0.29, 0.717) is 72.3 Å². The number of nitrogens with one attached hydrogen (secondary N) is 2. The fourth-order valence-corrected chi connectivity index (χ4v) is 6.21. The highest BCUT2D eigenvalue weighted by molar-refractivity contribution is 6.33. The van der Waals surface area contributed by atoms with Crippen molar-refractivity contribution in [2.24, 2.45) is 13.0 Å². The fraction of sp³-hybridized carbons (Fsp3) is 0.481. The van der Waals surface area contributed by atoms with Crippen LogP contribution in [0.5, 0.6) is 5.75 Å². The molecule has 1 amide bonds. The topological polar surface area (TPSA) is 105 Å². The van der Waals surface area contributed by atoms with E-state index in [9.17, 15) is 18.4 Å². The lowest BCUT2D eigenvalue weighted by molar-refractivity contribution is -0.129. The van der Waals surface area contributed by atoms with Crippen molar-refractivity contribution in [3.63, 3.8) is 0 Å². The van der Waals surface area contributed by atoms with Crippen LogP contribution in [0.4, 0.5) is 31.9 Å². The van der Waals surface area contributed by atoms with Gasteiger partial charge in [0.1, 0.15) is 5.02 Å². The third-order valence-electron chi connectivity index (χ3n) is 8.38. The zero-order valence-corrected chi connectivity index (χ0v) is 22.5. The Labute approximate surface area is 233 Å². The molecule has 1 saturated carbocycles. The van der Waals surface area contributed by atoms with Crippen molar-refractivity contribution in [2.45, 2.75) is 43.7 Å². The molecule has 3 aromatic rings. The first-order chi connectivity index (χ1) is 19.2. The number of amides is 1. The molecule has 2 N–H and O–H groups in total. The molecule has 210 valence electrons. The largest absolute Gasteiger partial charge is 0.480 e. The van der Waals surface area contributed by atoms with Gasteiger partial charge in [-0.15, -0.1) is 0 Å². The summed E-state index contributed by atoms with van der Waals surface area (Å²) in [6.07, 6.45) is 4.34. The molecule has 7 rings (SSSR count). The zero-order valence-electron chi connectivity index (χ0n) is 21.8. The molecule has 2 atom stereocenters. The highest BCUT2D eigenvalue weighted by Crippen LogP contribution is 2.45. The molecule has 0 spiro atoms. The number of anilines is 4. The van der Waals surface area contributed by atoms with E-state index in [1.807, 2.05) is 4.90 Å². The summed E-state index contributed by atoms with van der Waals surface area (Å²) in [4.78, 5) is 38.2. The van der Waals surface area contributed by atoms with Crippen molar-refractivity contribution in [1.82, 2.24) is 19.4 Å². The Kier molecular flexibility index (Phi) is 5.81. The standard InChI is InChI=1S/C27H28ClF2N7O3/c1-35-19-6-4-15(10-17(19)21-22(25(35)39)40-13-27(29,30)23(33-21)14-2-3-14)32-24-18(28)11-31-26(34-24)36-8-9-37-16(12-36)5-7-20(37)38/h4,6,10-11,14,16,23,33H,2-3,5,7-9,12-13H2,1H3,(H,31,32,34)/t16-,23-/m0/s1. The molecule has 4 aliphatic rings. The molecule has 3 aliphatic heterocycles. The van der Waals surface area contributed by atoms with Gasteiger partial charge in [0.2, 0.25) is 17.6 Å². The van der Waals surface area contributed by atoms with Gasteiger partial charge in [0.05, 0.1) is 23.4 Å². The van der Waals surface area contributed by atoms with E-state index in [1.54, 1.807) is 25.2 Å². The van der Waals surface area contributed by atoms with Crippen LogP contribution in [0.2, 0.25) is 5.02 Å². The third kappa shape index (κ3) is 4.20. The maximum absolute atomic E-state index is 14.9. The van der Waals surface area contributed by atoms with E-state index in [2.05, 4.69) is 25.5 Å². The van der Waals surface area contributed by atoms with Crippen molar-refractivity contribution in [3.05, 3.63) is 39.8 Å². The highest BCUT2D eigenvalue weighted by atomic mass is 35.5. The first-order valence-electron chi connectivity index (χ1n) is 13.5. The molecule has 2 saturated heterocycles. The lowest BCUT2D eigenvalue weighted by Gasteiger charge is -2.37.